The van der Waals surface area contributed by atoms with E-state index < -0.39 is 21.7 Å². The molecular formula is C29H27FN4O5S. The highest BCUT2D eigenvalue weighted by Gasteiger charge is 2.24. The number of anilines is 2. The van der Waals surface area contributed by atoms with E-state index in [2.05, 4.69) is 10.3 Å². The Hall–Kier alpha value is -4.35. The van der Waals surface area contributed by atoms with E-state index in [1.807, 2.05) is 17.9 Å². The first-order valence-corrected chi connectivity index (χ1v) is 14.4. The van der Waals surface area contributed by atoms with Gasteiger partial charge in [0.25, 0.3) is 0 Å². The number of nitrogens with one attached hydrogen (secondary N) is 1. The van der Waals surface area contributed by atoms with Crippen LogP contribution in [-0.4, -0.2) is 56.5 Å². The van der Waals surface area contributed by atoms with Gasteiger partial charge in [0, 0.05) is 35.7 Å². The number of morpholine rings is 1. The van der Waals surface area contributed by atoms with E-state index in [1.54, 1.807) is 54.6 Å². The average molecular weight is 563 g/mol. The van der Waals surface area contributed by atoms with Gasteiger partial charge in [-0.3, -0.25) is 5.32 Å². The van der Waals surface area contributed by atoms with Gasteiger partial charge in [-0.05, 0) is 61.5 Å². The Balaban J connectivity index is 1.51. The quantitative estimate of drug-likeness (QED) is 0.320. The molecule has 3 aromatic carbocycles. The first-order chi connectivity index (χ1) is 19.2. The SMILES string of the molecule is C[C@H]1COCCN1c1cc(-c2cc(F)ccc2S(C)(=O)=O)nc(-c2ccc(NC(=O)Oc3ccccc3)cc2)n1. The highest BCUT2D eigenvalue weighted by atomic mass is 32.2. The number of para-hydroxylation sites is 1. The Morgan fingerprint density at radius 1 is 1.05 bits per heavy atom. The second-order valence-corrected chi connectivity index (χ2v) is 11.4. The topological polar surface area (TPSA) is 111 Å². The molecule has 0 spiro atoms. The van der Waals surface area contributed by atoms with Crippen molar-refractivity contribution in [2.24, 2.45) is 0 Å². The van der Waals surface area contributed by atoms with Gasteiger partial charge in [-0.25, -0.2) is 27.6 Å². The summed E-state index contributed by atoms with van der Waals surface area (Å²) in [5.74, 6) is 0.709. The van der Waals surface area contributed by atoms with Crippen molar-refractivity contribution in [3.8, 4) is 28.4 Å². The number of ether oxygens (including phenoxy) is 2. The summed E-state index contributed by atoms with van der Waals surface area (Å²) in [6.07, 6.45) is 0.436. The molecule has 0 bridgehead atoms. The maximum atomic E-state index is 14.3. The number of carbonyl (C=O) groups excluding carboxylic acids is 1. The number of sulfone groups is 1. The molecule has 0 saturated carbocycles. The Bertz CT molecular complexity index is 1630. The van der Waals surface area contributed by atoms with Crippen molar-refractivity contribution >= 4 is 27.4 Å². The normalized spacial score (nSPS) is 15.5. The number of halogens is 1. The number of hydrogen-bond donors (Lipinski definition) is 1. The minimum Gasteiger partial charge on any atom is -0.410 e. The van der Waals surface area contributed by atoms with Crippen molar-refractivity contribution < 1.29 is 27.1 Å². The van der Waals surface area contributed by atoms with Crippen LogP contribution in [0.4, 0.5) is 20.7 Å². The van der Waals surface area contributed by atoms with Gasteiger partial charge < -0.3 is 14.4 Å². The van der Waals surface area contributed by atoms with E-state index in [0.29, 0.717) is 48.4 Å². The summed E-state index contributed by atoms with van der Waals surface area (Å²) in [5, 5.41) is 2.67. The van der Waals surface area contributed by atoms with Gasteiger partial charge in [0.15, 0.2) is 15.7 Å². The van der Waals surface area contributed by atoms with Gasteiger partial charge in [-0.15, -0.1) is 0 Å². The third-order valence-electron chi connectivity index (χ3n) is 6.33. The van der Waals surface area contributed by atoms with Crippen LogP contribution in [0.1, 0.15) is 6.92 Å². The third kappa shape index (κ3) is 6.27. The molecule has 1 saturated heterocycles. The summed E-state index contributed by atoms with van der Waals surface area (Å²) >= 11 is 0. The van der Waals surface area contributed by atoms with Crippen LogP contribution in [0, 0.1) is 5.82 Å². The van der Waals surface area contributed by atoms with Gasteiger partial charge in [0.1, 0.15) is 17.4 Å². The van der Waals surface area contributed by atoms with Crippen molar-refractivity contribution in [3.05, 3.63) is 84.7 Å². The zero-order chi connectivity index (χ0) is 28.3. The molecule has 1 aliphatic heterocycles. The molecule has 11 heteroatoms. The smallest absolute Gasteiger partial charge is 0.410 e. The maximum Gasteiger partial charge on any atom is 0.417 e. The van der Waals surface area contributed by atoms with Gasteiger partial charge in [-0.1, -0.05) is 18.2 Å². The Morgan fingerprint density at radius 2 is 1.80 bits per heavy atom. The maximum absolute atomic E-state index is 14.3. The second kappa shape index (κ2) is 11.4. The van der Waals surface area contributed by atoms with Crippen LogP contribution < -0.4 is 15.0 Å². The highest BCUT2D eigenvalue weighted by Crippen LogP contribution is 2.32. The number of aromatic nitrogens is 2. The van der Waals surface area contributed by atoms with E-state index >= 15 is 0 Å². The standard InChI is InChI=1S/C29H27FN4O5S/c1-19-18-38-15-14-34(19)27-17-25(24-16-21(30)10-13-26(24)40(2,36)37)32-28(33-27)20-8-11-22(12-9-20)31-29(35)39-23-6-4-3-5-7-23/h3-13,16-17,19H,14-15,18H2,1-2H3,(H,31,35)/t19-/m0/s1. The first-order valence-electron chi connectivity index (χ1n) is 12.5. The number of carbonyl (C=O) groups is 1. The fourth-order valence-electron chi connectivity index (χ4n) is 4.38. The molecular weight excluding hydrogens is 535 g/mol. The van der Waals surface area contributed by atoms with Crippen molar-refractivity contribution in [1.29, 1.82) is 0 Å². The zero-order valence-electron chi connectivity index (χ0n) is 21.9. The third-order valence-corrected chi connectivity index (χ3v) is 7.49. The van der Waals surface area contributed by atoms with E-state index in [-0.39, 0.29) is 22.2 Å². The molecule has 0 unspecified atom stereocenters. The lowest BCUT2D eigenvalue weighted by atomic mass is 10.1. The van der Waals surface area contributed by atoms with Crippen LogP contribution in [0.5, 0.6) is 5.75 Å². The zero-order valence-corrected chi connectivity index (χ0v) is 22.7. The molecule has 0 radical (unpaired) electrons. The van der Waals surface area contributed by atoms with Crippen molar-refractivity contribution in [3.63, 3.8) is 0 Å². The van der Waals surface area contributed by atoms with Crippen LogP contribution >= 0.6 is 0 Å². The molecule has 1 aromatic heterocycles. The van der Waals surface area contributed by atoms with Crippen LogP contribution in [0.25, 0.3) is 22.6 Å². The fourth-order valence-corrected chi connectivity index (χ4v) is 5.26. The number of nitrogens with zero attached hydrogens (tertiary/aromatic N) is 3. The molecule has 5 rings (SSSR count). The molecule has 2 heterocycles. The predicted molar refractivity (Wildman–Crippen MR) is 150 cm³/mol. The van der Waals surface area contributed by atoms with E-state index in [0.717, 1.165) is 12.3 Å². The second-order valence-electron chi connectivity index (χ2n) is 9.37. The Labute approximate surface area is 231 Å². The van der Waals surface area contributed by atoms with Crippen LogP contribution in [-0.2, 0) is 14.6 Å². The molecule has 1 amide bonds. The van der Waals surface area contributed by atoms with Crippen molar-refractivity contribution in [2.45, 2.75) is 17.9 Å². The van der Waals surface area contributed by atoms with Crippen molar-refractivity contribution in [1.82, 2.24) is 9.97 Å². The summed E-state index contributed by atoms with van der Waals surface area (Å²) in [5.41, 5.74) is 1.53. The number of benzene rings is 3. The summed E-state index contributed by atoms with van der Waals surface area (Å²) in [6.45, 7) is 3.58. The fraction of sp³-hybridized carbons (Fsp3) is 0.207. The van der Waals surface area contributed by atoms with Gasteiger partial charge in [0.05, 0.1) is 29.8 Å². The lowest BCUT2D eigenvalue weighted by Crippen LogP contribution is -2.44. The van der Waals surface area contributed by atoms with Gasteiger partial charge >= 0.3 is 6.09 Å². The number of amides is 1. The molecule has 1 aliphatic rings. The average Bonchev–Trinajstić information content (AvgIpc) is 2.93. The van der Waals surface area contributed by atoms with Crippen LogP contribution in [0.15, 0.2) is 83.8 Å². The number of rotatable bonds is 6. The predicted octanol–water partition coefficient (Wildman–Crippen LogP) is 5.19. The molecule has 1 fully saturated rings. The lowest BCUT2D eigenvalue weighted by Gasteiger charge is -2.34. The Morgan fingerprint density at radius 3 is 2.50 bits per heavy atom. The summed E-state index contributed by atoms with van der Waals surface area (Å²) < 4.78 is 50.2. The van der Waals surface area contributed by atoms with E-state index in [9.17, 15) is 17.6 Å². The van der Waals surface area contributed by atoms with Crippen molar-refractivity contribution in [2.75, 3.05) is 36.2 Å². The van der Waals surface area contributed by atoms with Crippen LogP contribution in [0.3, 0.4) is 0 Å². The van der Waals surface area contributed by atoms with E-state index in [1.165, 1.54) is 12.1 Å². The molecule has 206 valence electrons. The minimum absolute atomic E-state index is 0.00782. The number of hydrogen-bond acceptors (Lipinski definition) is 8. The molecule has 9 nitrogen and oxygen atoms in total. The first kappa shape index (κ1) is 27.2. The minimum atomic E-state index is -3.68. The monoisotopic (exact) mass is 562 g/mol. The molecule has 4 aromatic rings. The van der Waals surface area contributed by atoms with E-state index in [4.69, 9.17) is 14.5 Å². The Kier molecular flexibility index (Phi) is 7.76. The molecule has 1 N–H and O–H groups in total. The molecule has 40 heavy (non-hydrogen) atoms. The lowest BCUT2D eigenvalue weighted by molar-refractivity contribution is 0.0985. The van der Waals surface area contributed by atoms with Gasteiger partial charge in [-0.2, -0.15) is 0 Å². The van der Waals surface area contributed by atoms with Crippen LogP contribution in [0.2, 0.25) is 0 Å². The molecule has 0 aliphatic carbocycles. The van der Waals surface area contributed by atoms with Gasteiger partial charge in [0.2, 0.25) is 0 Å². The summed E-state index contributed by atoms with van der Waals surface area (Å²) in [4.78, 5) is 23.7. The highest BCUT2D eigenvalue weighted by molar-refractivity contribution is 7.90. The summed E-state index contributed by atoms with van der Waals surface area (Å²) in [6, 6.07) is 20.7. The summed E-state index contributed by atoms with van der Waals surface area (Å²) in [7, 11) is -3.68. The largest absolute Gasteiger partial charge is 0.417 e. The molecule has 1 atom stereocenters.